The SMILES string of the molecule is CCNC(=NCCCOCCOC)NCCOc1ccccc1C(C)C.I. The van der Waals surface area contributed by atoms with Gasteiger partial charge in [-0.15, -0.1) is 24.0 Å². The van der Waals surface area contributed by atoms with Crippen molar-refractivity contribution >= 4 is 29.9 Å². The van der Waals surface area contributed by atoms with Crippen molar-refractivity contribution in [2.24, 2.45) is 4.99 Å². The number of nitrogens with zero attached hydrogens (tertiary/aromatic N) is 1. The normalized spacial score (nSPS) is 11.2. The van der Waals surface area contributed by atoms with Crippen LogP contribution in [0.5, 0.6) is 5.75 Å². The van der Waals surface area contributed by atoms with Gasteiger partial charge in [-0.1, -0.05) is 32.0 Å². The molecule has 0 saturated heterocycles. The minimum Gasteiger partial charge on any atom is -0.491 e. The van der Waals surface area contributed by atoms with Crippen LogP contribution in [-0.2, 0) is 9.47 Å². The molecule has 0 spiro atoms. The number of methoxy groups -OCH3 is 1. The van der Waals surface area contributed by atoms with E-state index in [0.717, 1.165) is 31.2 Å². The van der Waals surface area contributed by atoms with Crippen LogP contribution in [-0.4, -0.2) is 59.1 Å². The number of hydrogen-bond donors (Lipinski definition) is 2. The monoisotopic (exact) mass is 493 g/mol. The van der Waals surface area contributed by atoms with E-state index in [1.165, 1.54) is 5.56 Å². The quantitative estimate of drug-likeness (QED) is 0.191. The van der Waals surface area contributed by atoms with E-state index in [-0.39, 0.29) is 24.0 Å². The fourth-order valence-electron chi connectivity index (χ4n) is 2.36. The zero-order chi connectivity index (χ0) is 19.0. The van der Waals surface area contributed by atoms with Crippen LogP contribution in [0.1, 0.15) is 38.7 Å². The number of aliphatic imine (C=N–C) groups is 1. The van der Waals surface area contributed by atoms with Gasteiger partial charge in [-0.05, 0) is 30.9 Å². The molecule has 0 aliphatic heterocycles. The van der Waals surface area contributed by atoms with Crippen molar-refractivity contribution in [3.05, 3.63) is 29.8 Å². The number of rotatable bonds is 13. The molecule has 0 bridgehead atoms. The number of nitrogens with one attached hydrogen (secondary N) is 2. The van der Waals surface area contributed by atoms with Crippen molar-refractivity contribution in [3.63, 3.8) is 0 Å². The van der Waals surface area contributed by atoms with Crippen molar-refractivity contribution in [2.45, 2.75) is 33.1 Å². The van der Waals surface area contributed by atoms with Gasteiger partial charge in [0.25, 0.3) is 0 Å². The molecular formula is C20H36IN3O3. The Balaban J connectivity index is 0.00000676. The van der Waals surface area contributed by atoms with Gasteiger partial charge in [0.05, 0.1) is 19.8 Å². The first kappa shape index (κ1) is 25.9. The van der Waals surface area contributed by atoms with Gasteiger partial charge in [-0.25, -0.2) is 0 Å². The Kier molecular flexibility index (Phi) is 16.4. The second kappa shape index (κ2) is 17.1. The summed E-state index contributed by atoms with van der Waals surface area (Å²) in [5.74, 6) is 2.22. The van der Waals surface area contributed by atoms with E-state index in [4.69, 9.17) is 14.2 Å². The largest absolute Gasteiger partial charge is 0.491 e. The molecule has 0 aliphatic carbocycles. The van der Waals surface area contributed by atoms with E-state index in [1.54, 1.807) is 7.11 Å². The van der Waals surface area contributed by atoms with E-state index in [9.17, 15) is 0 Å². The fraction of sp³-hybridized carbons (Fsp3) is 0.650. The Labute approximate surface area is 181 Å². The van der Waals surface area contributed by atoms with Gasteiger partial charge in [-0.2, -0.15) is 0 Å². The van der Waals surface area contributed by atoms with Crippen molar-refractivity contribution in [2.75, 3.05) is 53.2 Å². The molecule has 0 fully saturated rings. The van der Waals surface area contributed by atoms with Crippen molar-refractivity contribution < 1.29 is 14.2 Å². The second-order valence-electron chi connectivity index (χ2n) is 6.19. The highest BCUT2D eigenvalue weighted by atomic mass is 127. The molecule has 6 nitrogen and oxygen atoms in total. The van der Waals surface area contributed by atoms with Gasteiger partial charge in [0.15, 0.2) is 5.96 Å². The lowest BCUT2D eigenvalue weighted by Crippen LogP contribution is -2.39. The summed E-state index contributed by atoms with van der Waals surface area (Å²) < 4.78 is 16.3. The molecule has 0 amide bonds. The van der Waals surface area contributed by atoms with Crippen LogP contribution in [0.2, 0.25) is 0 Å². The standard InChI is InChI=1S/C20H35N3O3.HI/c1-5-21-20(22-11-8-13-25-16-15-24-4)23-12-14-26-19-10-7-6-9-18(19)17(2)3;/h6-7,9-10,17H,5,8,11-16H2,1-4H3,(H2,21,22,23);1H. The maximum atomic E-state index is 5.93. The predicted molar refractivity (Wildman–Crippen MR) is 123 cm³/mol. The van der Waals surface area contributed by atoms with Crippen LogP contribution in [0.4, 0.5) is 0 Å². The van der Waals surface area contributed by atoms with Crippen LogP contribution in [0.3, 0.4) is 0 Å². The minimum atomic E-state index is 0. The number of halogens is 1. The number of hydrogen-bond acceptors (Lipinski definition) is 4. The van der Waals surface area contributed by atoms with Crippen molar-refractivity contribution in [3.8, 4) is 5.75 Å². The number of ether oxygens (including phenoxy) is 3. The Morgan fingerprint density at radius 2 is 1.85 bits per heavy atom. The van der Waals surface area contributed by atoms with Crippen molar-refractivity contribution in [1.29, 1.82) is 0 Å². The summed E-state index contributed by atoms with van der Waals surface area (Å²) >= 11 is 0. The molecule has 1 aromatic rings. The molecule has 0 atom stereocenters. The highest BCUT2D eigenvalue weighted by Crippen LogP contribution is 2.25. The van der Waals surface area contributed by atoms with E-state index < -0.39 is 0 Å². The van der Waals surface area contributed by atoms with Gasteiger partial charge >= 0.3 is 0 Å². The van der Waals surface area contributed by atoms with E-state index in [2.05, 4.69) is 48.5 Å². The lowest BCUT2D eigenvalue weighted by molar-refractivity contribution is 0.0702. The third-order valence-electron chi connectivity index (χ3n) is 3.69. The first-order chi connectivity index (χ1) is 12.7. The van der Waals surface area contributed by atoms with Crippen molar-refractivity contribution in [1.82, 2.24) is 10.6 Å². The van der Waals surface area contributed by atoms with Crippen LogP contribution in [0, 0.1) is 0 Å². The number of benzene rings is 1. The molecule has 0 saturated carbocycles. The molecule has 0 heterocycles. The molecule has 0 radical (unpaired) electrons. The summed E-state index contributed by atoms with van der Waals surface area (Å²) in [6, 6.07) is 8.20. The first-order valence-electron chi connectivity index (χ1n) is 9.49. The highest BCUT2D eigenvalue weighted by Gasteiger charge is 2.06. The van der Waals surface area contributed by atoms with Gasteiger partial charge in [0, 0.05) is 26.8 Å². The minimum absolute atomic E-state index is 0. The topological polar surface area (TPSA) is 64.1 Å². The lowest BCUT2D eigenvalue weighted by Gasteiger charge is -2.15. The van der Waals surface area contributed by atoms with E-state index in [1.807, 2.05) is 12.1 Å². The van der Waals surface area contributed by atoms with Crippen LogP contribution in [0.25, 0.3) is 0 Å². The Bertz CT molecular complexity index is 513. The summed E-state index contributed by atoms with van der Waals surface area (Å²) in [7, 11) is 1.67. The van der Waals surface area contributed by atoms with Gasteiger partial charge in [-0.3, -0.25) is 4.99 Å². The van der Waals surface area contributed by atoms with Crippen LogP contribution in [0.15, 0.2) is 29.3 Å². The molecule has 27 heavy (non-hydrogen) atoms. The Hall–Kier alpha value is -1.06. The molecule has 7 heteroatoms. The van der Waals surface area contributed by atoms with Gasteiger partial charge in [0.1, 0.15) is 12.4 Å². The average Bonchev–Trinajstić information content (AvgIpc) is 2.64. The number of guanidine groups is 1. The maximum absolute atomic E-state index is 5.93. The fourth-order valence-corrected chi connectivity index (χ4v) is 2.36. The molecule has 156 valence electrons. The molecule has 2 N–H and O–H groups in total. The third-order valence-corrected chi connectivity index (χ3v) is 3.69. The smallest absolute Gasteiger partial charge is 0.191 e. The predicted octanol–water partition coefficient (Wildman–Crippen LogP) is 3.42. The summed E-state index contributed by atoms with van der Waals surface area (Å²) in [6.45, 7) is 11.2. The summed E-state index contributed by atoms with van der Waals surface area (Å²) in [5, 5.41) is 6.55. The summed E-state index contributed by atoms with van der Waals surface area (Å²) in [4.78, 5) is 4.55. The van der Waals surface area contributed by atoms with Crippen LogP contribution >= 0.6 is 24.0 Å². The molecular weight excluding hydrogens is 457 g/mol. The number of para-hydroxylation sites is 1. The maximum Gasteiger partial charge on any atom is 0.191 e. The summed E-state index contributed by atoms with van der Waals surface area (Å²) in [5.41, 5.74) is 1.24. The molecule has 0 aliphatic rings. The van der Waals surface area contributed by atoms with Gasteiger partial charge < -0.3 is 24.8 Å². The Morgan fingerprint density at radius 3 is 2.56 bits per heavy atom. The van der Waals surface area contributed by atoms with Gasteiger partial charge in [0.2, 0.25) is 0 Å². The zero-order valence-electron chi connectivity index (χ0n) is 17.1. The highest BCUT2D eigenvalue weighted by molar-refractivity contribution is 14.0. The lowest BCUT2D eigenvalue weighted by atomic mass is 10.0. The molecule has 0 unspecified atom stereocenters. The molecule has 1 aromatic carbocycles. The van der Waals surface area contributed by atoms with E-state index >= 15 is 0 Å². The molecule has 1 rings (SSSR count). The average molecular weight is 493 g/mol. The zero-order valence-corrected chi connectivity index (χ0v) is 19.5. The third kappa shape index (κ3) is 12.1. The van der Waals surface area contributed by atoms with E-state index in [0.29, 0.717) is 38.9 Å². The first-order valence-corrected chi connectivity index (χ1v) is 9.49. The van der Waals surface area contributed by atoms with Crippen LogP contribution < -0.4 is 15.4 Å². The molecule has 0 aromatic heterocycles. The second-order valence-corrected chi connectivity index (χ2v) is 6.19. The summed E-state index contributed by atoms with van der Waals surface area (Å²) in [6.07, 6.45) is 0.887. The Morgan fingerprint density at radius 1 is 1.07 bits per heavy atom.